The first-order valence-corrected chi connectivity index (χ1v) is 9.04. The van der Waals surface area contributed by atoms with Crippen molar-refractivity contribution in [2.24, 2.45) is 0 Å². The van der Waals surface area contributed by atoms with E-state index < -0.39 is 11.7 Å². The van der Waals surface area contributed by atoms with E-state index in [9.17, 15) is 4.79 Å². The molecular formula is C18H23N3O2S. The Bertz CT molecular complexity index is 715. The van der Waals surface area contributed by atoms with Crippen LogP contribution in [0.2, 0.25) is 0 Å². The SMILES string of the molecule is CC(C)(C)OC(=O)Nc1ncc(-c2cccc(N3CCCC3)c2)s1. The predicted molar refractivity (Wildman–Crippen MR) is 98.9 cm³/mol. The van der Waals surface area contributed by atoms with Crippen molar-refractivity contribution < 1.29 is 9.53 Å². The van der Waals surface area contributed by atoms with Crippen LogP contribution in [0, 0.1) is 0 Å². The van der Waals surface area contributed by atoms with Gasteiger partial charge < -0.3 is 9.64 Å². The van der Waals surface area contributed by atoms with E-state index in [1.807, 2.05) is 20.8 Å². The van der Waals surface area contributed by atoms with Crippen molar-refractivity contribution in [1.29, 1.82) is 0 Å². The van der Waals surface area contributed by atoms with E-state index >= 15 is 0 Å². The van der Waals surface area contributed by atoms with Crippen molar-refractivity contribution in [3.63, 3.8) is 0 Å². The molecule has 1 saturated heterocycles. The molecule has 0 saturated carbocycles. The van der Waals surface area contributed by atoms with Crippen LogP contribution < -0.4 is 10.2 Å². The average molecular weight is 345 g/mol. The Labute approximate surface area is 146 Å². The highest BCUT2D eigenvalue weighted by atomic mass is 32.1. The smallest absolute Gasteiger partial charge is 0.413 e. The van der Waals surface area contributed by atoms with Crippen molar-refractivity contribution >= 4 is 28.2 Å². The molecule has 1 amide bonds. The van der Waals surface area contributed by atoms with Crippen molar-refractivity contribution in [2.75, 3.05) is 23.3 Å². The molecule has 0 aliphatic carbocycles. The van der Waals surface area contributed by atoms with Gasteiger partial charge in [0.1, 0.15) is 5.60 Å². The fraction of sp³-hybridized carbons (Fsp3) is 0.444. The van der Waals surface area contributed by atoms with Crippen LogP contribution in [-0.4, -0.2) is 29.8 Å². The first-order chi connectivity index (χ1) is 11.4. The summed E-state index contributed by atoms with van der Waals surface area (Å²) >= 11 is 1.45. The quantitative estimate of drug-likeness (QED) is 0.871. The second-order valence-electron chi connectivity index (χ2n) is 6.90. The minimum absolute atomic E-state index is 0.478. The highest BCUT2D eigenvalue weighted by molar-refractivity contribution is 7.19. The molecule has 6 heteroatoms. The Morgan fingerprint density at radius 1 is 1.29 bits per heavy atom. The van der Waals surface area contributed by atoms with Crippen LogP contribution in [0.1, 0.15) is 33.6 Å². The van der Waals surface area contributed by atoms with E-state index in [4.69, 9.17) is 4.74 Å². The lowest BCUT2D eigenvalue weighted by molar-refractivity contribution is 0.0636. The normalized spacial score (nSPS) is 14.7. The van der Waals surface area contributed by atoms with Gasteiger partial charge in [-0.2, -0.15) is 0 Å². The molecule has 0 unspecified atom stereocenters. The molecule has 1 aromatic carbocycles. The maximum Gasteiger partial charge on any atom is 0.413 e. The molecule has 2 aromatic rings. The van der Waals surface area contributed by atoms with Gasteiger partial charge in [-0.3, -0.25) is 5.32 Å². The molecule has 2 heterocycles. The largest absolute Gasteiger partial charge is 0.444 e. The van der Waals surface area contributed by atoms with E-state index in [1.165, 1.54) is 29.9 Å². The Balaban J connectivity index is 1.71. The highest BCUT2D eigenvalue weighted by Gasteiger charge is 2.18. The maximum absolute atomic E-state index is 11.8. The molecule has 0 radical (unpaired) electrons. The first kappa shape index (κ1) is 16.8. The van der Waals surface area contributed by atoms with Gasteiger partial charge in [0.15, 0.2) is 5.13 Å². The van der Waals surface area contributed by atoms with Gasteiger partial charge in [0, 0.05) is 25.0 Å². The third-order valence-electron chi connectivity index (χ3n) is 3.72. The Hall–Kier alpha value is -2.08. The second-order valence-corrected chi connectivity index (χ2v) is 7.93. The number of carbonyl (C=O) groups is 1. The van der Waals surface area contributed by atoms with Gasteiger partial charge in [-0.05, 0) is 51.3 Å². The molecule has 24 heavy (non-hydrogen) atoms. The topological polar surface area (TPSA) is 54.5 Å². The van der Waals surface area contributed by atoms with E-state index in [-0.39, 0.29) is 0 Å². The van der Waals surface area contributed by atoms with E-state index in [0.29, 0.717) is 5.13 Å². The number of benzene rings is 1. The van der Waals surface area contributed by atoms with Crippen molar-refractivity contribution in [3.05, 3.63) is 30.5 Å². The lowest BCUT2D eigenvalue weighted by atomic mass is 10.1. The average Bonchev–Trinajstić information content (AvgIpc) is 3.16. The number of thiazole rings is 1. The third kappa shape index (κ3) is 4.26. The maximum atomic E-state index is 11.8. The summed E-state index contributed by atoms with van der Waals surface area (Å²) in [6, 6.07) is 8.49. The van der Waals surface area contributed by atoms with Gasteiger partial charge in [0.2, 0.25) is 0 Å². The van der Waals surface area contributed by atoms with Gasteiger partial charge in [0.05, 0.1) is 4.88 Å². The molecular weight excluding hydrogens is 322 g/mol. The first-order valence-electron chi connectivity index (χ1n) is 8.22. The molecule has 1 fully saturated rings. The van der Waals surface area contributed by atoms with Crippen LogP contribution >= 0.6 is 11.3 Å². The summed E-state index contributed by atoms with van der Waals surface area (Å²) in [6.07, 6.45) is 3.83. The van der Waals surface area contributed by atoms with Crippen LogP contribution in [0.4, 0.5) is 15.6 Å². The molecule has 128 valence electrons. The summed E-state index contributed by atoms with van der Waals surface area (Å²) in [5.74, 6) is 0. The number of rotatable bonds is 3. The number of nitrogens with zero attached hydrogens (tertiary/aromatic N) is 2. The minimum atomic E-state index is -0.520. The number of ether oxygens (including phenoxy) is 1. The zero-order chi connectivity index (χ0) is 17.2. The number of carbonyl (C=O) groups excluding carboxylic acids is 1. The van der Waals surface area contributed by atoms with E-state index in [2.05, 4.69) is 39.5 Å². The van der Waals surface area contributed by atoms with Gasteiger partial charge in [-0.25, -0.2) is 9.78 Å². The molecule has 5 nitrogen and oxygen atoms in total. The van der Waals surface area contributed by atoms with Crippen molar-refractivity contribution in [3.8, 4) is 10.4 Å². The monoisotopic (exact) mass is 345 g/mol. The molecule has 1 aliphatic heterocycles. The molecule has 0 atom stereocenters. The number of nitrogens with one attached hydrogen (secondary N) is 1. The number of aromatic nitrogens is 1. The van der Waals surface area contributed by atoms with Gasteiger partial charge in [-0.1, -0.05) is 23.5 Å². The molecule has 0 bridgehead atoms. The summed E-state index contributed by atoms with van der Waals surface area (Å²) in [5, 5.41) is 3.24. The Morgan fingerprint density at radius 2 is 2.04 bits per heavy atom. The van der Waals surface area contributed by atoms with Crippen LogP contribution in [0.25, 0.3) is 10.4 Å². The fourth-order valence-electron chi connectivity index (χ4n) is 2.69. The molecule has 0 spiro atoms. The van der Waals surface area contributed by atoms with Crippen LogP contribution in [0.3, 0.4) is 0 Å². The summed E-state index contributed by atoms with van der Waals surface area (Å²) in [7, 11) is 0. The van der Waals surface area contributed by atoms with Crippen LogP contribution in [0.15, 0.2) is 30.5 Å². The third-order valence-corrected chi connectivity index (χ3v) is 4.68. The van der Waals surface area contributed by atoms with E-state index in [1.54, 1.807) is 6.20 Å². The van der Waals surface area contributed by atoms with Crippen molar-refractivity contribution in [1.82, 2.24) is 4.98 Å². The number of hydrogen-bond donors (Lipinski definition) is 1. The summed E-state index contributed by atoms with van der Waals surface area (Å²) in [6.45, 7) is 7.76. The standard InChI is InChI=1S/C18H23N3O2S/c1-18(2,3)23-17(22)20-16-19-12-15(24-16)13-7-6-8-14(11-13)21-9-4-5-10-21/h6-8,11-12H,4-5,9-10H2,1-3H3,(H,19,20,22). The van der Waals surface area contributed by atoms with Gasteiger partial charge in [-0.15, -0.1) is 0 Å². The van der Waals surface area contributed by atoms with Crippen LogP contribution in [-0.2, 0) is 4.74 Å². The fourth-order valence-corrected chi connectivity index (χ4v) is 3.49. The van der Waals surface area contributed by atoms with Crippen LogP contribution in [0.5, 0.6) is 0 Å². The minimum Gasteiger partial charge on any atom is -0.444 e. The highest BCUT2D eigenvalue weighted by Crippen LogP contribution is 2.32. The summed E-state index contributed by atoms with van der Waals surface area (Å²) in [4.78, 5) is 19.5. The lowest BCUT2D eigenvalue weighted by Gasteiger charge is -2.19. The summed E-state index contributed by atoms with van der Waals surface area (Å²) in [5.41, 5.74) is 1.85. The zero-order valence-electron chi connectivity index (χ0n) is 14.3. The second kappa shape index (κ2) is 6.81. The lowest BCUT2D eigenvalue weighted by Crippen LogP contribution is -2.27. The van der Waals surface area contributed by atoms with Gasteiger partial charge in [0.25, 0.3) is 0 Å². The van der Waals surface area contributed by atoms with Gasteiger partial charge >= 0.3 is 6.09 Å². The van der Waals surface area contributed by atoms with E-state index in [0.717, 1.165) is 23.5 Å². The molecule has 1 N–H and O–H groups in total. The summed E-state index contributed by atoms with van der Waals surface area (Å²) < 4.78 is 5.25. The molecule has 1 aromatic heterocycles. The molecule has 3 rings (SSSR count). The number of amides is 1. The number of anilines is 2. The number of hydrogen-bond acceptors (Lipinski definition) is 5. The Morgan fingerprint density at radius 3 is 2.75 bits per heavy atom. The molecule has 1 aliphatic rings. The van der Waals surface area contributed by atoms with Crippen molar-refractivity contribution in [2.45, 2.75) is 39.2 Å². The Kier molecular flexibility index (Phi) is 4.76. The zero-order valence-corrected chi connectivity index (χ0v) is 15.2. The predicted octanol–water partition coefficient (Wildman–Crippen LogP) is 4.76.